The Kier molecular flexibility index (Phi) is 0.606. The van der Waals surface area contributed by atoms with Crippen molar-refractivity contribution in [1.82, 2.24) is 20.4 Å². The molecule has 0 aromatic carbocycles. The zero-order chi connectivity index (χ0) is 6.27. The molecule has 0 atom stereocenters. The lowest BCUT2D eigenvalue weighted by Gasteiger charge is -1.63. The molecule has 3 N–H and O–H groups in total. The summed E-state index contributed by atoms with van der Waals surface area (Å²) in [5.41, 5.74) is 1.04. The maximum Gasteiger partial charge on any atom is 0.289 e. The molecule has 2 rings (SSSR count). The van der Waals surface area contributed by atoms with E-state index in [1.807, 2.05) is 0 Å². The van der Waals surface area contributed by atoms with E-state index >= 15 is 0 Å². The second-order valence-corrected chi connectivity index (χ2v) is 1.74. The molecule has 46 valence electrons. The average Bonchev–Trinajstić information content (AvgIpc) is 2.35. The fourth-order valence-electron chi connectivity index (χ4n) is 0.741. The highest BCUT2D eigenvalue weighted by atomic mass is 16.1. The van der Waals surface area contributed by atoms with Gasteiger partial charge in [-0.2, -0.15) is 5.10 Å². The van der Waals surface area contributed by atoms with E-state index in [0.29, 0.717) is 11.0 Å². The third kappa shape index (κ3) is 0.426. The molecule has 0 aliphatic rings. The molecule has 5 heteroatoms. The lowest BCUT2D eigenvalue weighted by atomic mass is 10.5. The monoisotopic (exact) mass is 124 g/mol. The molecular weight excluding hydrogens is 120 g/mol. The first kappa shape index (κ1) is 4.37. The highest BCUT2D eigenvalue weighted by Crippen LogP contribution is 1.96. The quantitative estimate of drug-likeness (QED) is 0.446. The van der Waals surface area contributed by atoms with Crippen LogP contribution in [0.2, 0.25) is 0 Å². The molecular formula is C4H4N4O. The number of aromatic amines is 3. The highest BCUT2D eigenvalue weighted by Gasteiger charge is 1.98. The van der Waals surface area contributed by atoms with Crippen LogP contribution in [0.15, 0.2) is 11.0 Å². The van der Waals surface area contributed by atoms with Crippen LogP contribution in [0.4, 0.5) is 0 Å². The maximum absolute atomic E-state index is 10.7. The van der Waals surface area contributed by atoms with Crippen LogP contribution in [-0.4, -0.2) is 20.4 Å². The molecule has 5 nitrogen and oxygen atoms in total. The smallest absolute Gasteiger partial charge is 0.289 e. The molecule has 2 heterocycles. The van der Waals surface area contributed by atoms with E-state index in [9.17, 15) is 4.79 Å². The molecule has 0 bridgehead atoms. The molecule has 0 saturated heterocycles. The summed E-state index contributed by atoms with van der Waals surface area (Å²) in [6, 6.07) is 0. The van der Waals surface area contributed by atoms with Crippen molar-refractivity contribution < 1.29 is 0 Å². The second kappa shape index (κ2) is 1.25. The minimum absolute atomic E-state index is 0.164. The van der Waals surface area contributed by atoms with Crippen LogP contribution in [0.5, 0.6) is 0 Å². The molecule has 2 aromatic heterocycles. The number of nitrogens with one attached hydrogen (secondary N) is 3. The summed E-state index contributed by atoms with van der Waals surface area (Å²) in [7, 11) is 0. The number of hydrogen-bond acceptors (Lipinski definition) is 2. The summed E-state index contributed by atoms with van der Waals surface area (Å²) >= 11 is 0. The predicted octanol–water partition coefficient (Wildman–Crippen LogP) is -0.421. The standard InChI is InChI=1S/C4H4N4O/c9-4-3-2(6-8-4)1-5-7-3/h1H,(H,5,7)(H2,6,8,9). The van der Waals surface area contributed by atoms with Crippen molar-refractivity contribution in [3.8, 4) is 0 Å². The maximum atomic E-state index is 10.7. The fraction of sp³-hybridized carbons (Fsp3) is 0. The normalized spacial score (nSPS) is 10.7. The number of hydrogen-bond donors (Lipinski definition) is 3. The molecule has 0 unspecified atom stereocenters. The van der Waals surface area contributed by atoms with Crippen LogP contribution in [0.3, 0.4) is 0 Å². The van der Waals surface area contributed by atoms with E-state index in [2.05, 4.69) is 20.4 Å². The Morgan fingerprint density at radius 3 is 3.11 bits per heavy atom. The largest absolute Gasteiger partial charge is 0.294 e. The first-order chi connectivity index (χ1) is 4.38. The van der Waals surface area contributed by atoms with Crippen LogP contribution >= 0.6 is 0 Å². The zero-order valence-corrected chi connectivity index (χ0v) is 4.43. The third-order valence-electron chi connectivity index (χ3n) is 1.18. The fourth-order valence-corrected chi connectivity index (χ4v) is 0.741. The van der Waals surface area contributed by atoms with E-state index in [4.69, 9.17) is 0 Å². The second-order valence-electron chi connectivity index (χ2n) is 1.74. The number of fused-ring (bicyclic) bond motifs is 1. The lowest BCUT2D eigenvalue weighted by Crippen LogP contribution is -1.98. The summed E-state index contributed by atoms with van der Waals surface area (Å²) in [6.45, 7) is 0. The Morgan fingerprint density at radius 1 is 1.44 bits per heavy atom. The van der Waals surface area contributed by atoms with E-state index in [1.54, 1.807) is 6.20 Å². The summed E-state index contributed by atoms with van der Waals surface area (Å²) < 4.78 is 0. The highest BCUT2D eigenvalue weighted by molar-refractivity contribution is 5.71. The Bertz CT molecular complexity index is 367. The number of nitrogens with zero attached hydrogens (tertiary/aromatic N) is 1. The summed E-state index contributed by atoms with van der Waals surface area (Å²) in [4.78, 5) is 10.7. The van der Waals surface area contributed by atoms with Crippen molar-refractivity contribution in [2.24, 2.45) is 0 Å². The Morgan fingerprint density at radius 2 is 2.33 bits per heavy atom. The van der Waals surface area contributed by atoms with Gasteiger partial charge in [0.15, 0.2) is 0 Å². The zero-order valence-electron chi connectivity index (χ0n) is 4.43. The molecule has 2 aromatic rings. The van der Waals surface area contributed by atoms with Gasteiger partial charge < -0.3 is 0 Å². The minimum Gasteiger partial charge on any atom is -0.294 e. The lowest BCUT2D eigenvalue weighted by molar-refractivity contribution is 1.04. The molecule has 0 fully saturated rings. The summed E-state index contributed by atoms with van der Waals surface area (Å²) in [6.07, 6.45) is 1.55. The van der Waals surface area contributed by atoms with Crippen molar-refractivity contribution in [3.05, 3.63) is 16.6 Å². The molecule has 0 aliphatic heterocycles. The van der Waals surface area contributed by atoms with Crippen molar-refractivity contribution in [1.29, 1.82) is 0 Å². The SMILES string of the molecule is O=c1[nH][nH]c2cn[nH]c12. The molecule has 0 spiro atoms. The molecule has 9 heavy (non-hydrogen) atoms. The number of rotatable bonds is 0. The predicted molar refractivity (Wildman–Crippen MR) is 31.1 cm³/mol. The first-order valence-corrected chi connectivity index (χ1v) is 2.47. The van der Waals surface area contributed by atoms with Crippen molar-refractivity contribution in [2.45, 2.75) is 0 Å². The van der Waals surface area contributed by atoms with Crippen molar-refractivity contribution >= 4 is 11.0 Å². The van der Waals surface area contributed by atoms with Crippen molar-refractivity contribution in [2.75, 3.05) is 0 Å². The van der Waals surface area contributed by atoms with Gasteiger partial charge in [0, 0.05) is 0 Å². The van der Waals surface area contributed by atoms with Gasteiger partial charge in [-0.05, 0) is 0 Å². The minimum atomic E-state index is -0.164. The van der Waals surface area contributed by atoms with Gasteiger partial charge in [0.05, 0.1) is 6.20 Å². The van der Waals surface area contributed by atoms with E-state index in [0.717, 1.165) is 0 Å². The number of aromatic nitrogens is 4. The van der Waals surface area contributed by atoms with Gasteiger partial charge in [0.1, 0.15) is 11.0 Å². The van der Waals surface area contributed by atoms with E-state index in [1.165, 1.54) is 0 Å². The van der Waals surface area contributed by atoms with Gasteiger partial charge in [0.2, 0.25) is 0 Å². The Hall–Kier alpha value is -1.52. The van der Waals surface area contributed by atoms with Gasteiger partial charge in [-0.1, -0.05) is 0 Å². The van der Waals surface area contributed by atoms with Crippen LogP contribution in [0, 0.1) is 0 Å². The van der Waals surface area contributed by atoms with Crippen LogP contribution in [-0.2, 0) is 0 Å². The topological polar surface area (TPSA) is 77.3 Å². The van der Waals surface area contributed by atoms with E-state index < -0.39 is 0 Å². The van der Waals surface area contributed by atoms with Gasteiger partial charge in [-0.15, -0.1) is 0 Å². The molecule has 0 aliphatic carbocycles. The summed E-state index contributed by atoms with van der Waals surface area (Å²) in [5.74, 6) is 0. The van der Waals surface area contributed by atoms with Crippen molar-refractivity contribution in [3.63, 3.8) is 0 Å². The van der Waals surface area contributed by atoms with Gasteiger partial charge in [-0.25, -0.2) is 0 Å². The van der Waals surface area contributed by atoms with Crippen LogP contribution in [0.25, 0.3) is 11.0 Å². The van der Waals surface area contributed by atoms with Crippen LogP contribution in [0.1, 0.15) is 0 Å². The summed E-state index contributed by atoms with van der Waals surface area (Å²) in [5, 5.41) is 11.2. The van der Waals surface area contributed by atoms with Gasteiger partial charge in [0.25, 0.3) is 5.56 Å². The Labute approximate surface area is 49.1 Å². The van der Waals surface area contributed by atoms with Gasteiger partial charge in [-0.3, -0.25) is 20.1 Å². The molecule has 0 amide bonds. The molecule has 0 saturated carbocycles. The van der Waals surface area contributed by atoms with Gasteiger partial charge >= 0.3 is 0 Å². The first-order valence-electron chi connectivity index (χ1n) is 2.47. The third-order valence-corrected chi connectivity index (χ3v) is 1.18. The average molecular weight is 124 g/mol. The van der Waals surface area contributed by atoms with Crippen LogP contribution < -0.4 is 5.56 Å². The number of H-pyrrole nitrogens is 3. The molecule has 0 radical (unpaired) electrons. The van der Waals surface area contributed by atoms with E-state index in [-0.39, 0.29) is 5.56 Å². The Balaban J connectivity index is 3.17.